The van der Waals surface area contributed by atoms with Gasteiger partial charge in [0.2, 0.25) is 0 Å². The molecule has 2 aromatic rings. The van der Waals surface area contributed by atoms with E-state index in [1.54, 1.807) is 6.08 Å². The van der Waals surface area contributed by atoms with Crippen LogP contribution in [0.1, 0.15) is 11.3 Å². The number of carbonyl (C=O) groups is 1. The van der Waals surface area contributed by atoms with E-state index in [2.05, 4.69) is 0 Å². The molecular formula is C15H15NO2. The van der Waals surface area contributed by atoms with Gasteiger partial charge in [0.15, 0.2) is 0 Å². The molecule has 1 aromatic heterocycles. The summed E-state index contributed by atoms with van der Waals surface area (Å²) in [5.74, 6) is -0.333. The van der Waals surface area contributed by atoms with E-state index in [4.69, 9.17) is 4.74 Å². The maximum absolute atomic E-state index is 11.5. The molecule has 92 valence electrons. The molecule has 0 aliphatic carbocycles. The molecule has 0 saturated heterocycles. The first-order chi connectivity index (χ1) is 8.75. The van der Waals surface area contributed by atoms with Crippen LogP contribution in [0.2, 0.25) is 0 Å². The lowest BCUT2D eigenvalue weighted by Gasteiger charge is -2.01. The van der Waals surface area contributed by atoms with Gasteiger partial charge in [0.25, 0.3) is 0 Å². The Balaban J connectivity index is 1.86. The van der Waals surface area contributed by atoms with E-state index in [-0.39, 0.29) is 5.97 Å². The Morgan fingerprint density at radius 1 is 1.22 bits per heavy atom. The third kappa shape index (κ3) is 3.35. The molecule has 0 fully saturated rings. The minimum atomic E-state index is -0.333. The number of rotatable bonds is 4. The SMILES string of the molecule is Cn1cccc1C=CC(=O)OCc1ccccc1. The predicted octanol–water partition coefficient (Wildman–Crippen LogP) is 2.78. The molecule has 3 nitrogen and oxygen atoms in total. The number of aryl methyl sites for hydroxylation is 1. The Bertz CT molecular complexity index is 541. The van der Waals surface area contributed by atoms with Gasteiger partial charge in [-0.1, -0.05) is 30.3 Å². The lowest BCUT2D eigenvalue weighted by atomic mass is 10.2. The number of benzene rings is 1. The lowest BCUT2D eigenvalue weighted by molar-refractivity contribution is -0.138. The quantitative estimate of drug-likeness (QED) is 0.609. The van der Waals surface area contributed by atoms with Crippen LogP contribution in [0.3, 0.4) is 0 Å². The Labute approximate surface area is 106 Å². The number of nitrogens with zero attached hydrogens (tertiary/aromatic N) is 1. The molecule has 0 spiro atoms. The predicted molar refractivity (Wildman–Crippen MR) is 70.7 cm³/mol. The third-order valence-corrected chi connectivity index (χ3v) is 2.60. The van der Waals surface area contributed by atoms with Gasteiger partial charge in [-0.25, -0.2) is 4.79 Å². The lowest BCUT2D eigenvalue weighted by Crippen LogP contribution is -2.00. The van der Waals surface area contributed by atoms with Crippen molar-refractivity contribution in [2.24, 2.45) is 7.05 Å². The normalized spacial score (nSPS) is 10.7. The number of ether oxygens (including phenoxy) is 1. The van der Waals surface area contributed by atoms with Crippen molar-refractivity contribution in [3.63, 3.8) is 0 Å². The first kappa shape index (κ1) is 12.2. The molecule has 18 heavy (non-hydrogen) atoms. The summed E-state index contributed by atoms with van der Waals surface area (Å²) in [6.45, 7) is 0.303. The van der Waals surface area contributed by atoms with E-state index in [9.17, 15) is 4.79 Å². The molecule has 1 heterocycles. The smallest absolute Gasteiger partial charge is 0.331 e. The van der Waals surface area contributed by atoms with Crippen LogP contribution in [0.5, 0.6) is 0 Å². The molecule has 0 amide bonds. The maximum Gasteiger partial charge on any atom is 0.331 e. The average Bonchev–Trinajstić information content (AvgIpc) is 2.81. The van der Waals surface area contributed by atoms with E-state index in [0.717, 1.165) is 11.3 Å². The second-order valence-electron chi connectivity index (χ2n) is 3.97. The van der Waals surface area contributed by atoms with Gasteiger partial charge in [0, 0.05) is 25.0 Å². The Morgan fingerprint density at radius 2 is 2.00 bits per heavy atom. The zero-order chi connectivity index (χ0) is 12.8. The highest BCUT2D eigenvalue weighted by atomic mass is 16.5. The molecule has 0 saturated carbocycles. The fourth-order valence-electron chi connectivity index (χ4n) is 1.58. The summed E-state index contributed by atoms with van der Waals surface area (Å²) < 4.78 is 7.06. The van der Waals surface area contributed by atoms with Gasteiger partial charge in [-0.15, -0.1) is 0 Å². The van der Waals surface area contributed by atoms with E-state index in [1.165, 1.54) is 6.08 Å². The van der Waals surface area contributed by atoms with Crippen molar-refractivity contribution >= 4 is 12.0 Å². The van der Waals surface area contributed by atoms with E-state index in [1.807, 2.05) is 60.3 Å². The van der Waals surface area contributed by atoms with Gasteiger partial charge in [-0.05, 0) is 23.8 Å². The Morgan fingerprint density at radius 3 is 2.67 bits per heavy atom. The van der Waals surface area contributed by atoms with Crippen LogP contribution in [0.4, 0.5) is 0 Å². The van der Waals surface area contributed by atoms with Gasteiger partial charge in [0.05, 0.1) is 0 Å². The molecule has 0 bridgehead atoms. The van der Waals surface area contributed by atoms with E-state index >= 15 is 0 Å². The molecule has 0 radical (unpaired) electrons. The molecule has 1 aromatic carbocycles. The molecule has 0 N–H and O–H groups in total. The zero-order valence-electron chi connectivity index (χ0n) is 10.2. The van der Waals surface area contributed by atoms with Crippen molar-refractivity contribution in [1.82, 2.24) is 4.57 Å². The van der Waals surface area contributed by atoms with Crippen molar-refractivity contribution in [2.75, 3.05) is 0 Å². The minimum absolute atomic E-state index is 0.303. The summed E-state index contributed by atoms with van der Waals surface area (Å²) in [7, 11) is 1.93. The van der Waals surface area contributed by atoms with Gasteiger partial charge in [0.1, 0.15) is 6.61 Å². The van der Waals surface area contributed by atoms with Gasteiger partial charge < -0.3 is 9.30 Å². The Hall–Kier alpha value is -2.29. The van der Waals surface area contributed by atoms with Crippen LogP contribution in [0.15, 0.2) is 54.7 Å². The van der Waals surface area contributed by atoms with Crippen molar-refractivity contribution in [3.8, 4) is 0 Å². The minimum Gasteiger partial charge on any atom is -0.458 e. The Kier molecular flexibility index (Phi) is 3.97. The van der Waals surface area contributed by atoms with E-state index < -0.39 is 0 Å². The summed E-state index contributed by atoms with van der Waals surface area (Å²) in [6, 6.07) is 13.5. The van der Waals surface area contributed by atoms with Gasteiger partial charge in [-0.2, -0.15) is 0 Å². The number of hydrogen-bond donors (Lipinski definition) is 0. The molecule has 0 aliphatic rings. The molecule has 2 rings (SSSR count). The van der Waals surface area contributed by atoms with Gasteiger partial charge in [-0.3, -0.25) is 0 Å². The second kappa shape index (κ2) is 5.87. The number of carbonyl (C=O) groups excluding carboxylic acids is 1. The van der Waals surface area contributed by atoms with Crippen molar-refractivity contribution in [3.05, 3.63) is 66.0 Å². The standard InChI is InChI=1S/C15H15NO2/c1-16-11-5-8-14(16)9-10-15(17)18-12-13-6-3-2-4-7-13/h2-11H,12H2,1H3. The van der Waals surface area contributed by atoms with Crippen molar-refractivity contribution < 1.29 is 9.53 Å². The first-order valence-electron chi connectivity index (χ1n) is 5.76. The summed E-state index contributed by atoms with van der Waals surface area (Å²) in [4.78, 5) is 11.5. The first-order valence-corrected chi connectivity index (χ1v) is 5.76. The third-order valence-electron chi connectivity index (χ3n) is 2.60. The number of esters is 1. The number of aromatic nitrogens is 1. The van der Waals surface area contributed by atoms with Crippen LogP contribution in [-0.2, 0) is 23.2 Å². The van der Waals surface area contributed by atoms with Crippen LogP contribution in [0.25, 0.3) is 6.08 Å². The van der Waals surface area contributed by atoms with Gasteiger partial charge >= 0.3 is 5.97 Å². The summed E-state index contributed by atoms with van der Waals surface area (Å²) >= 11 is 0. The average molecular weight is 241 g/mol. The fourth-order valence-corrected chi connectivity index (χ4v) is 1.58. The molecule has 0 unspecified atom stereocenters. The van der Waals surface area contributed by atoms with Crippen LogP contribution >= 0.6 is 0 Å². The number of hydrogen-bond acceptors (Lipinski definition) is 2. The van der Waals surface area contributed by atoms with Crippen LogP contribution in [-0.4, -0.2) is 10.5 Å². The zero-order valence-corrected chi connectivity index (χ0v) is 10.2. The molecule has 0 aliphatic heterocycles. The maximum atomic E-state index is 11.5. The summed E-state index contributed by atoms with van der Waals surface area (Å²) in [5, 5.41) is 0. The highest BCUT2D eigenvalue weighted by Crippen LogP contribution is 2.04. The second-order valence-corrected chi connectivity index (χ2v) is 3.97. The monoisotopic (exact) mass is 241 g/mol. The van der Waals surface area contributed by atoms with Crippen LogP contribution in [0, 0.1) is 0 Å². The van der Waals surface area contributed by atoms with E-state index in [0.29, 0.717) is 6.61 Å². The van der Waals surface area contributed by atoms with Crippen molar-refractivity contribution in [2.45, 2.75) is 6.61 Å². The summed E-state index contributed by atoms with van der Waals surface area (Å²) in [5.41, 5.74) is 1.95. The van der Waals surface area contributed by atoms with Crippen LogP contribution < -0.4 is 0 Å². The topological polar surface area (TPSA) is 31.2 Å². The molecular weight excluding hydrogens is 226 g/mol. The molecule has 3 heteroatoms. The summed E-state index contributed by atoms with van der Waals surface area (Å²) in [6.07, 6.45) is 5.11. The fraction of sp³-hybridized carbons (Fsp3) is 0.133. The largest absolute Gasteiger partial charge is 0.458 e. The highest BCUT2D eigenvalue weighted by molar-refractivity contribution is 5.86. The molecule has 0 atom stereocenters. The van der Waals surface area contributed by atoms with Crippen molar-refractivity contribution in [1.29, 1.82) is 0 Å². The highest BCUT2D eigenvalue weighted by Gasteiger charge is 1.99.